The predicted octanol–water partition coefficient (Wildman–Crippen LogP) is 3.81. The van der Waals surface area contributed by atoms with Gasteiger partial charge in [0.15, 0.2) is 0 Å². The summed E-state index contributed by atoms with van der Waals surface area (Å²) in [6.07, 6.45) is 3.30. The second-order valence-electron chi connectivity index (χ2n) is 6.58. The molecular formula is C20H17NO4S. The maximum Gasteiger partial charge on any atom is 0.353 e. The molecule has 1 aromatic heterocycles. The predicted molar refractivity (Wildman–Crippen MR) is 98.2 cm³/mol. The highest BCUT2D eigenvalue weighted by Crippen LogP contribution is 2.40. The van der Waals surface area contributed by atoms with Gasteiger partial charge in [0.1, 0.15) is 10.6 Å². The van der Waals surface area contributed by atoms with Crippen LogP contribution in [-0.2, 0) is 9.59 Å². The Kier molecular flexibility index (Phi) is 4.20. The summed E-state index contributed by atoms with van der Waals surface area (Å²) in [7, 11) is 0. The number of nitrogens with zero attached hydrogens (tertiary/aromatic N) is 1. The molecule has 2 unspecified atom stereocenters. The van der Waals surface area contributed by atoms with Crippen molar-refractivity contribution in [2.45, 2.75) is 19.8 Å². The Morgan fingerprint density at radius 1 is 1.12 bits per heavy atom. The first-order chi connectivity index (χ1) is 12.5. The van der Waals surface area contributed by atoms with Crippen molar-refractivity contribution in [2.24, 2.45) is 11.8 Å². The van der Waals surface area contributed by atoms with E-state index < -0.39 is 5.97 Å². The van der Waals surface area contributed by atoms with Crippen LogP contribution in [0.4, 0.5) is 5.69 Å². The van der Waals surface area contributed by atoms with Crippen LogP contribution in [0.5, 0.6) is 5.75 Å². The van der Waals surface area contributed by atoms with Gasteiger partial charge in [-0.1, -0.05) is 17.7 Å². The number of imide groups is 1. The average Bonchev–Trinajstić information content (AvgIpc) is 3.24. The van der Waals surface area contributed by atoms with Crippen molar-refractivity contribution in [3.8, 4) is 5.75 Å². The molecule has 1 fully saturated rings. The summed E-state index contributed by atoms with van der Waals surface area (Å²) in [6.45, 7) is 1.99. The molecule has 2 atom stereocenters. The number of hydrogen-bond acceptors (Lipinski definition) is 5. The summed E-state index contributed by atoms with van der Waals surface area (Å²) < 4.78 is 5.31. The van der Waals surface area contributed by atoms with Gasteiger partial charge in [0.2, 0.25) is 11.8 Å². The monoisotopic (exact) mass is 367 g/mol. The Labute approximate surface area is 154 Å². The maximum absolute atomic E-state index is 12.7. The molecule has 4 rings (SSSR count). The fraction of sp³-hybridized carbons (Fsp3) is 0.250. The summed E-state index contributed by atoms with van der Waals surface area (Å²) in [4.78, 5) is 39.2. The molecule has 132 valence electrons. The van der Waals surface area contributed by atoms with Crippen molar-refractivity contribution in [3.05, 3.63) is 58.3 Å². The van der Waals surface area contributed by atoms with Gasteiger partial charge in [-0.3, -0.25) is 14.5 Å². The molecule has 2 amide bonds. The minimum Gasteiger partial charge on any atom is -0.422 e. The molecule has 2 aromatic rings. The fourth-order valence-corrected chi connectivity index (χ4v) is 4.11. The summed E-state index contributed by atoms with van der Waals surface area (Å²) in [5.74, 6) is -0.857. The Hall–Kier alpha value is -2.73. The Balaban J connectivity index is 1.51. The molecule has 0 N–H and O–H groups in total. The number of rotatable bonds is 3. The van der Waals surface area contributed by atoms with Crippen LogP contribution < -0.4 is 9.64 Å². The van der Waals surface area contributed by atoms with Gasteiger partial charge in [-0.25, -0.2) is 4.79 Å². The van der Waals surface area contributed by atoms with Crippen LogP contribution in [0.3, 0.4) is 0 Å². The highest BCUT2D eigenvalue weighted by molar-refractivity contribution is 7.12. The van der Waals surface area contributed by atoms with Gasteiger partial charge in [-0.2, -0.15) is 0 Å². The van der Waals surface area contributed by atoms with E-state index in [4.69, 9.17) is 4.74 Å². The Morgan fingerprint density at radius 3 is 2.54 bits per heavy atom. The van der Waals surface area contributed by atoms with Crippen molar-refractivity contribution in [1.82, 2.24) is 0 Å². The van der Waals surface area contributed by atoms with Gasteiger partial charge in [-0.05, 0) is 55.5 Å². The zero-order chi connectivity index (χ0) is 18.3. The summed E-state index contributed by atoms with van der Waals surface area (Å²) in [6, 6.07) is 9.97. The topological polar surface area (TPSA) is 63.7 Å². The van der Waals surface area contributed by atoms with E-state index >= 15 is 0 Å². The molecule has 1 aromatic carbocycles. The quantitative estimate of drug-likeness (QED) is 0.358. The van der Waals surface area contributed by atoms with Crippen molar-refractivity contribution in [1.29, 1.82) is 0 Å². The summed E-state index contributed by atoms with van der Waals surface area (Å²) in [5.41, 5.74) is 1.67. The number of anilines is 1. The smallest absolute Gasteiger partial charge is 0.353 e. The van der Waals surface area contributed by atoms with Gasteiger partial charge in [0.05, 0.1) is 17.5 Å². The molecule has 2 heterocycles. The van der Waals surface area contributed by atoms with Gasteiger partial charge in [0, 0.05) is 0 Å². The van der Waals surface area contributed by atoms with Gasteiger partial charge < -0.3 is 4.74 Å². The molecule has 0 radical (unpaired) electrons. The minimum atomic E-state index is -0.423. The normalized spacial score (nSPS) is 22.2. The third-order valence-corrected chi connectivity index (χ3v) is 5.70. The fourth-order valence-electron chi connectivity index (χ4n) is 3.51. The number of benzene rings is 1. The van der Waals surface area contributed by atoms with Crippen LogP contribution in [0.25, 0.3) is 0 Å². The second kappa shape index (κ2) is 6.53. The van der Waals surface area contributed by atoms with E-state index in [1.165, 1.54) is 16.2 Å². The first kappa shape index (κ1) is 16.7. The number of thiophene rings is 1. The SMILES string of the molecule is CC1=CCC2C(=O)N(c3ccc(OC(=O)c4cccs4)cc3)C(=O)C2C1. The first-order valence-electron chi connectivity index (χ1n) is 8.44. The van der Waals surface area contributed by atoms with Crippen molar-refractivity contribution >= 4 is 34.8 Å². The summed E-state index contributed by atoms with van der Waals surface area (Å²) >= 11 is 1.31. The maximum atomic E-state index is 12.7. The van der Waals surface area contributed by atoms with E-state index in [2.05, 4.69) is 0 Å². The first-order valence-corrected chi connectivity index (χ1v) is 9.32. The average molecular weight is 367 g/mol. The lowest BCUT2D eigenvalue weighted by Crippen LogP contribution is -2.30. The number of carbonyl (C=O) groups excluding carboxylic acids is 3. The van der Waals surface area contributed by atoms with Gasteiger partial charge in [-0.15, -0.1) is 11.3 Å². The molecule has 0 bridgehead atoms. The number of carbonyl (C=O) groups is 3. The van der Waals surface area contributed by atoms with Gasteiger partial charge in [0.25, 0.3) is 0 Å². The molecule has 2 aliphatic rings. The van der Waals surface area contributed by atoms with Crippen molar-refractivity contribution in [3.63, 3.8) is 0 Å². The molecule has 0 saturated carbocycles. The van der Waals surface area contributed by atoms with Crippen LogP contribution >= 0.6 is 11.3 Å². The minimum absolute atomic E-state index is 0.143. The number of fused-ring (bicyclic) bond motifs is 1. The van der Waals surface area contributed by atoms with Crippen molar-refractivity contribution < 1.29 is 19.1 Å². The van der Waals surface area contributed by atoms with E-state index in [0.29, 0.717) is 29.2 Å². The molecule has 1 saturated heterocycles. The van der Waals surface area contributed by atoms with E-state index in [0.717, 1.165) is 5.57 Å². The van der Waals surface area contributed by atoms with Gasteiger partial charge >= 0.3 is 5.97 Å². The largest absolute Gasteiger partial charge is 0.422 e. The lowest BCUT2D eigenvalue weighted by molar-refractivity contribution is -0.122. The Morgan fingerprint density at radius 2 is 1.85 bits per heavy atom. The molecule has 6 heteroatoms. The second-order valence-corrected chi connectivity index (χ2v) is 7.52. The van der Waals surface area contributed by atoms with Crippen LogP contribution in [-0.4, -0.2) is 17.8 Å². The van der Waals surface area contributed by atoms with Crippen LogP contribution in [0.15, 0.2) is 53.4 Å². The van der Waals surface area contributed by atoms with Crippen LogP contribution in [0.2, 0.25) is 0 Å². The molecule has 26 heavy (non-hydrogen) atoms. The zero-order valence-electron chi connectivity index (χ0n) is 14.2. The lowest BCUT2D eigenvalue weighted by Gasteiger charge is -2.18. The number of hydrogen-bond donors (Lipinski definition) is 0. The number of amides is 2. The molecule has 1 aliphatic carbocycles. The van der Waals surface area contributed by atoms with E-state index in [1.807, 2.05) is 13.0 Å². The number of esters is 1. The molecule has 0 spiro atoms. The third-order valence-electron chi connectivity index (χ3n) is 4.85. The third kappa shape index (κ3) is 2.86. The molecular weight excluding hydrogens is 350 g/mol. The standard InChI is InChI=1S/C20H17NO4S/c1-12-4-9-15-16(11-12)19(23)21(18(15)22)13-5-7-14(8-6-13)25-20(24)17-3-2-10-26-17/h2-8,10,15-16H,9,11H2,1H3. The van der Waals surface area contributed by atoms with E-state index in [-0.39, 0.29) is 23.7 Å². The highest BCUT2D eigenvalue weighted by atomic mass is 32.1. The van der Waals surface area contributed by atoms with Crippen LogP contribution in [0, 0.1) is 11.8 Å². The highest BCUT2D eigenvalue weighted by Gasteiger charge is 2.48. The lowest BCUT2D eigenvalue weighted by atomic mass is 9.82. The zero-order valence-corrected chi connectivity index (χ0v) is 15.0. The molecule has 1 aliphatic heterocycles. The number of ether oxygens (including phenoxy) is 1. The van der Waals surface area contributed by atoms with E-state index in [1.54, 1.807) is 41.8 Å². The van der Waals surface area contributed by atoms with Crippen LogP contribution in [0.1, 0.15) is 29.4 Å². The van der Waals surface area contributed by atoms with Crippen molar-refractivity contribution in [2.75, 3.05) is 4.90 Å². The Bertz CT molecular complexity index is 898. The molecule has 5 nitrogen and oxygen atoms in total. The number of allylic oxidation sites excluding steroid dienone is 2. The van der Waals surface area contributed by atoms with E-state index in [9.17, 15) is 14.4 Å². The summed E-state index contributed by atoms with van der Waals surface area (Å²) in [5, 5.41) is 1.81.